The highest BCUT2D eigenvalue weighted by atomic mass is 14.4. The van der Waals surface area contributed by atoms with E-state index in [4.69, 9.17) is 0 Å². The Morgan fingerprint density at radius 1 is 1.27 bits per heavy atom. The molecule has 0 saturated carbocycles. The molecule has 0 aromatic heterocycles. The maximum Gasteiger partial charge on any atom is -0.0114 e. The maximum absolute atomic E-state index is 2.57. The average Bonchev–Trinajstić information content (AvgIpc) is 2.26. The van der Waals surface area contributed by atoms with Crippen molar-refractivity contribution in [3.8, 4) is 0 Å². The van der Waals surface area contributed by atoms with Gasteiger partial charge in [-0.05, 0) is 56.8 Å². The van der Waals surface area contributed by atoms with Crippen molar-refractivity contribution in [2.24, 2.45) is 17.3 Å². The summed E-state index contributed by atoms with van der Waals surface area (Å²) in [4.78, 5) is 0. The van der Waals surface area contributed by atoms with Crippen molar-refractivity contribution in [1.29, 1.82) is 0 Å². The third-order valence-corrected chi connectivity index (χ3v) is 4.49. The highest BCUT2D eigenvalue weighted by molar-refractivity contribution is 5.20. The summed E-state index contributed by atoms with van der Waals surface area (Å²) in [6, 6.07) is 0. The zero-order valence-electron chi connectivity index (χ0n) is 10.6. The van der Waals surface area contributed by atoms with Crippen molar-refractivity contribution in [3.05, 3.63) is 23.3 Å². The van der Waals surface area contributed by atoms with Crippen molar-refractivity contribution < 1.29 is 0 Å². The molecule has 0 radical (unpaired) electrons. The molecule has 2 aliphatic carbocycles. The minimum absolute atomic E-state index is 0.487. The number of hydrogen-bond donors (Lipinski definition) is 0. The van der Waals surface area contributed by atoms with E-state index < -0.39 is 0 Å². The van der Waals surface area contributed by atoms with E-state index in [9.17, 15) is 0 Å². The summed E-state index contributed by atoms with van der Waals surface area (Å²) in [5.41, 5.74) is 3.74. The molecule has 0 nitrogen and oxygen atoms in total. The van der Waals surface area contributed by atoms with Crippen LogP contribution in [-0.4, -0.2) is 0 Å². The lowest BCUT2D eigenvalue weighted by Crippen LogP contribution is -2.30. The van der Waals surface area contributed by atoms with Crippen molar-refractivity contribution in [2.45, 2.75) is 53.4 Å². The second-order valence-corrected chi connectivity index (χ2v) is 6.16. The normalized spacial score (nSPS) is 34.9. The first-order valence-electron chi connectivity index (χ1n) is 6.34. The van der Waals surface area contributed by atoms with Gasteiger partial charge in [-0.15, -0.1) is 0 Å². The van der Waals surface area contributed by atoms with Gasteiger partial charge in [0.1, 0.15) is 0 Å². The summed E-state index contributed by atoms with van der Waals surface area (Å²) in [6.07, 6.45) is 10.4. The predicted molar refractivity (Wildman–Crippen MR) is 66.7 cm³/mol. The standard InChI is InChI=1S/C15H24/c1-11-7-8-13-12(2)6-5-9-15(3,4)14(13)10-11/h6,10,13-14H,5,7-9H2,1-4H3/t13-,14-/m0/s1. The highest BCUT2D eigenvalue weighted by Crippen LogP contribution is 2.47. The SMILES string of the molecule is CC1=C[C@H]2[C@@H](CC1)C(C)=CCCC2(C)C. The average molecular weight is 204 g/mol. The summed E-state index contributed by atoms with van der Waals surface area (Å²) in [7, 11) is 0. The minimum Gasteiger partial charge on any atom is -0.0853 e. The van der Waals surface area contributed by atoms with Crippen LogP contribution in [-0.2, 0) is 0 Å². The van der Waals surface area contributed by atoms with Gasteiger partial charge in [0.2, 0.25) is 0 Å². The zero-order chi connectivity index (χ0) is 11.1. The van der Waals surface area contributed by atoms with Crippen LogP contribution in [0.5, 0.6) is 0 Å². The van der Waals surface area contributed by atoms with Crippen LogP contribution in [0.4, 0.5) is 0 Å². The topological polar surface area (TPSA) is 0 Å². The van der Waals surface area contributed by atoms with E-state index >= 15 is 0 Å². The third kappa shape index (κ3) is 2.04. The van der Waals surface area contributed by atoms with Gasteiger partial charge in [0.25, 0.3) is 0 Å². The fourth-order valence-electron chi connectivity index (χ4n) is 3.34. The Morgan fingerprint density at radius 3 is 2.73 bits per heavy atom. The molecule has 84 valence electrons. The first kappa shape index (κ1) is 11.0. The quantitative estimate of drug-likeness (QED) is 0.501. The maximum atomic E-state index is 2.57. The Labute approximate surface area is 94.5 Å². The molecule has 0 aromatic rings. The fourth-order valence-corrected chi connectivity index (χ4v) is 3.34. The summed E-state index contributed by atoms with van der Waals surface area (Å²) in [6.45, 7) is 9.54. The van der Waals surface area contributed by atoms with Gasteiger partial charge in [0.05, 0.1) is 0 Å². The Balaban J connectivity index is 2.36. The second kappa shape index (κ2) is 3.81. The van der Waals surface area contributed by atoms with E-state index in [1.54, 1.807) is 11.1 Å². The van der Waals surface area contributed by atoms with Gasteiger partial charge in [-0.2, -0.15) is 0 Å². The molecule has 0 fully saturated rings. The van der Waals surface area contributed by atoms with Gasteiger partial charge in [0, 0.05) is 0 Å². The lowest BCUT2D eigenvalue weighted by molar-refractivity contribution is 0.182. The lowest BCUT2D eigenvalue weighted by Gasteiger charge is -2.40. The Bertz CT molecular complexity index is 304. The Kier molecular flexibility index (Phi) is 2.79. The van der Waals surface area contributed by atoms with Gasteiger partial charge >= 0.3 is 0 Å². The molecule has 15 heavy (non-hydrogen) atoms. The van der Waals surface area contributed by atoms with E-state index in [1.165, 1.54) is 25.7 Å². The molecule has 0 aliphatic heterocycles. The molecule has 0 spiro atoms. The van der Waals surface area contributed by atoms with E-state index in [-0.39, 0.29) is 0 Å². The van der Waals surface area contributed by atoms with E-state index in [0.717, 1.165) is 11.8 Å². The number of hydrogen-bond acceptors (Lipinski definition) is 0. The van der Waals surface area contributed by atoms with Crippen molar-refractivity contribution in [2.75, 3.05) is 0 Å². The van der Waals surface area contributed by atoms with Crippen LogP contribution in [0.2, 0.25) is 0 Å². The Morgan fingerprint density at radius 2 is 2.00 bits per heavy atom. The van der Waals surface area contributed by atoms with Crippen molar-refractivity contribution >= 4 is 0 Å². The molecule has 2 aliphatic rings. The molecule has 2 atom stereocenters. The van der Waals surface area contributed by atoms with Gasteiger partial charge in [-0.3, -0.25) is 0 Å². The molecular weight excluding hydrogens is 180 g/mol. The smallest absolute Gasteiger partial charge is 0.0114 e. The van der Waals surface area contributed by atoms with Gasteiger partial charge < -0.3 is 0 Å². The molecule has 0 heterocycles. The summed E-state index contributed by atoms with van der Waals surface area (Å²) in [5.74, 6) is 1.61. The third-order valence-electron chi connectivity index (χ3n) is 4.49. The van der Waals surface area contributed by atoms with Crippen LogP contribution in [0.25, 0.3) is 0 Å². The van der Waals surface area contributed by atoms with E-state index in [0.29, 0.717) is 5.41 Å². The molecule has 2 rings (SSSR count). The molecule has 0 heteroatoms. The molecule has 0 unspecified atom stereocenters. The monoisotopic (exact) mass is 204 g/mol. The zero-order valence-corrected chi connectivity index (χ0v) is 10.6. The molecule has 0 aromatic carbocycles. The van der Waals surface area contributed by atoms with E-state index in [2.05, 4.69) is 39.8 Å². The largest absolute Gasteiger partial charge is 0.0853 e. The van der Waals surface area contributed by atoms with Crippen LogP contribution < -0.4 is 0 Å². The number of fused-ring (bicyclic) bond motifs is 1. The van der Waals surface area contributed by atoms with Crippen LogP contribution >= 0.6 is 0 Å². The van der Waals surface area contributed by atoms with Crippen molar-refractivity contribution in [3.63, 3.8) is 0 Å². The highest BCUT2D eigenvalue weighted by Gasteiger charge is 2.37. The van der Waals surface area contributed by atoms with Crippen LogP contribution in [0.3, 0.4) is 0 Å². The summed E-state index contributed by atoms with van der Waals surface area (Å²) in [5, 5.41) is 0. The van der Waals surface area contributed by atoms with Crippen LogP contribution in [0, 0.1) is 17.3 Å². The lowest BCUT2D eigenvalue weighted by atomic mass is 9.65. The molecule has 0 bridgehead atoms. The van der Waals surface area contributed by atoms with Crippen molar-refractivity contribution in [1.82, 2.24) is 0 Å². The first-order valence-corrected chi connectivity index (χ1v) is 6.34. The second-order valence-electron chi connectivity index (χ2n) is 6.16. The molecule has 0 saturated heterocycles. The van der Waals surface area contributed by atoms with Gasteiger partial charge in [0.15, 0.2) is 0 Å². The summed E-state index contributed by atoms with van der Waals surface area (Å²) >= 11 is 0. The Hall–Kier alpha value is -0.520. The molecule has 0 N–H and O–H groups in total. The first-order chi connectivity index (χ1) is 7.00. The van der Waals surface area contributed by atoms with Gasteiger partial charge in [-0.1, -0.05) is 37.1 Å². The predicted octanol–water partition coefficient (Wildman–Crippen LogP) is 4.73. The van der Waals surface area contributed by atoms with Crippen LogP contribution in [0.1, 0.15) is 53.4 Å². The van der Waals surface area contributed by atoms with E-state index in [1.807, 2.05) is 0 Å². The summed E-state index contributed by atoms with van der Waals surface area (Å²) < 4.78 is 0. The van der Waals surface area contributed by atoms with Crippen LogP contribution in [0.15, 0.2) is 23.3 Å². The molecule has 0 amide bonds. The molecular formula is C15H24. The minimum atomic E-state index is 0.487. The number of rotatable bonds is 0. The van der Waals surface area contributed by atoms with Gasteiger partial charge in [-0.25, -0.2) is 0 Å². The number of allylic oxidation sites excluding steroid dienone is 4. The fraction of sp³-hybridized carbons (Fsp3) is 0.733.